The van der Waals surface area contributed by atoms with Gasteiger partial charge in [0.05, 0.1) is 8.81 Å². The van der Waals surface area contributed by atoms with E-state index in [0.717, 1.165) is 17.1 Å². The van der Waals surface area contributed by atoms with Gasteiger partial charge in [0.1, 0.15) is 4.21 Å². The first-order valence-corrected chi connectivity index (χ1v) is 9.23. The molecule has 0 aliphatic rings. The molecule has 0 amide bonds. The van der Waals surface area contributed by atoms with Crippen molar-refractivity contribution in [3.63, 3.8) is 0 Å². The summed E-state index contributed by atoms with van der Waals surface area (Å²) >= 11 is 11.7. The summed E-state index contributed by atoms with van der Waals surface area (Å²) in [5, 5.41) is 0.413. The van der Waals surface area contributed by atoms with Gasteiger partial charge in [0.25, 0.3) is 0 Å². The van der Waals surface area contributed by atoms with E-state index in [1.54, 1.807) is 17.8 Å². The van der Waals surface area contributed by atoms with Crippen molar-refractivity contribution in [1.82, 2.24) is 4.72 Å². The van der Waals surface area contributed by atoms with Crippen molar-refractivity contribution in [2.75, 3.05) is 18.1 Å². The van der Waals surface area contributed by atoms with Crippen LogP contribution >= 0.6 is 50.6 Å². The van der Waals surface area contributed by atoms with Crippen LogP contribution in [-0.2, 0) is 10.0 Å². The highest BCUT2D eigenvalue weighted by molar-refractivity contribution is 9.11. The number of halogens is 2. The minimum Gasteiger partial charge on any atom is -0.210 e. The zero-order chi connectivity index (χ0) is 12.9. The third kappa shape index (κ3) is 4.92. The topological polar surface area (TPSA) is 46.2 Å². The molecule has 0 aliphatic carbocycles. The molecule has 1 rings (SSSR count). The lowest BCUT2D eigenvalue weighted by atomic mass is 10.7. The van der Waals surface area contributed by atoms with E-state index in [0.29, 0.717) is 21.1 Å². The Kier molecular flexibility index (Phi) is 6.54. The first-order valence-electron chi connectivity index (χ1n) is 4.60. The van der Waals surface area contributed by atoms with Crippen LogP contribution in [0.2, 0.25) is 5.02 Å². The molecule has 0 saturated heterocycles. The van der Waals surface area contributed by atoms with Crippen LogP contribution < -0.4 is 4.72 Å². The maximum Gasteiger partial charge on any atom is 0.250 e. The number of rotatable bonds is 7. The van der Waals surface area contributed by atoms with E-state index in [-0.39, 0.29) is 4.21 Å². The molecule has 3 nitrogen and oxygen atoms in total. The third-order valence-corrected chi connectivity index (χ3v) is 7.04. The molecule has 17 heavy (non-hydrogen) atoms. The Bertz CT molecular complexity index is 467. The van der Waals surface area contributed by atoms with Gasteiger partial charge in [-0.25, -0.2) is 13.1 Å². The van der Waals surface area contributed by atoms with E-state index >= 15 is 0 Å². The first kappa shape index (κ1) is 15.5. The largest absolute Gasteiger partial charge is 0.250 e. The summed E-state index contributed by atoms with van der Waals surface area (Å²) in [5.74, 6) is 1.53. The Morgan fingerprint density at radius 1 is 1.65 bits per heavy atom. The van der Waals surface area contributed by atoms with Crippen molar-refractivity contribution in [2.45, 2.75) is 4.21 Å². The summed E-state index contributed by atoms with van der Waals surface area (Å²) in [4.78, 5) is 0. The SMILES string of the molecule is C=CCSCCNS(=O)(=O)c1cc(Cl)c(Br)s1. The van der Waals surface area contributed by atoms with E-state index in [1.807, 2.05) is 0 Å². The Balaban J connectivity index is 2.54. The lowest BCUT2D eigenvalue weighted by molar-refractivity contribution is 0.586. The molecule has 0 unspecified atom stereocenters. The van der Waals surface area contributed by atoms with Crippen LogP contribution in [-0.4, -0.2) is 26.5 Å². The molecular weight excluding hydrogens is 366 g/mol. The monoisotopic (exact) mass is 375 g/mol. The summed E-state index contributed by atoms with van der Waals surface area (Å²) in [6.45, 7) is 3.99. The third-order valence-electron chi connectivity index (χ3n) is 1.66. The average Bonchev–Trinajstić information content (AvgIpc) is 2.60. The minimum atomic E-state index is -3.43. The van der Waals surface area contributed by atoms with Gasteiger partial charge in [-0.1, -0.05) is 17.7 Å². The second-order valence-corrected chi connectivity index (χ2v) is 8.87. The fraction of sp³-hybridized carbons (Fsp3) is 0.333. The Morgan fingerprint density at radius 3 is 2.88 bits per heavy atom. The molecule has 0 atom stereocenters. The molecule has 0 spiro atoms. The van der Waals surface area contributed by atoms with Gasteiger partial charge in [-0.15, -0.1) is 17.9 Å². The van der Waals surface area contributed by atoms with Crippen molar-refractivity contribution >= 4 is 60.7 Å². The molecule has 96 valence electrons. The highest BCUT2D eigenvalue weighted by atomic mass is 79.9. The highest BCUT2D eigenvalue weighted by Crippen LogP contribution is 2.34. The van der Waals surface area contributed by atoms with Crippen LogP contribution in [0.5, 0.6) is 0 Å². The van der Waals surface area contributed by atoms with E-state index < -0.39 is 10.0 Å². The second kappa shape index (κ2) is 7.16. The number of thioether (sulfide) groups is 1. The molecule has 0 aliphatic heterocycles. The smallest absolute Gasteiger partial charge is 0.210 e. The van der Waals surface area contributed by atoms with Crippen LogP contribution in [0.1, 0.15) is 0 Å². The van der Waals surface area contributed by atoms with Crippen LogP contribution in [0, 0.1) is 0 Å². The second-order valence-electron chi connectivity index (χ2n) is 2.95. The maximum atomic E-state index is 11.8. The molecule has 0 radical (unpaired) electrons. The van der Waals surface area contributed by atoms with Crippen LogP contribution in [0.15, 0.2) is 26.7 Å². The average molecular weight is 377 g/mol. The zero-order valence-corrected chi connectivity index (χ0v) is 13.6. The van der Waals surface area contributed by atoms with Gasteiger partial charge in [-0.2, -0.15) is 11.8 Å². The highest BCUT2D eigenvalue weighted by Gasteiger charge is 2.18. The number of nitrogens with one attached hydrogen (secondary N) is 1. The normalized spacial score (nSPS) is 11.6. The van der Waals surface area contributed by atoms with Gasteiger partial charge >= 0.3 is 0 Å². The molecule has 1 aromatic rings. The molecule has 0 bridgehead atoms. The van der Waals surface area contributed by atoms with Crippen molar-refractivity contribution in [2.24, 2.45) is 0 Å². The summed E-state index contributed by atoms with van der Waals surface area (Å²) in [6.07, 6.45) is 1.79. The van der Waals surface area contributed by atoms with Gasteiger partial charge in [0.15, 0.2) is 0 Å². The molecule has 1 N–H and O–H groups in total. The summed E-state index contributed by atoms with van der Waals surface area (Å²) in [7, 11) is -3.43. The van der Waals surface area contributed by atoms with E-state index in [9.17, 15) is 8.42 Å². The Morgan fingerprint density at radius 2 is 2.35 bits per heavy atom. The lowest BCUT2D eigenvalue weighted by Gasteiger charge is -2.03. The van der Waals surface area contributed by atoms with Crippen LogP contribution in [0.25, 0.3) is 0 Å². The van der Waals surface area contributed by atoms with Crippen molar-refractivity contribution < 1.29 is 8.42 Å². The molecule has 1 heterocycles. The maximum absolute atomic E-state index is 11.8. The summed E-state index contributed by atoms with van der Waals surface area (Å²) in [5.41, 5.74) is 0. The lowest BCUT2D eigenvalue weighted by Crippen LogP contribution is -2.25. The molecular formula is C9H11BrClNO2S3. The van der Waals surface area contributed by atoms with E-state index in [2.05, 4.69) is 27.2 Å². The number of hydrogen-bond acceptors (Lipinski definition) is 4. The van der Waals surface area contributed by atoms with Gasteiger partial charge in [0.2, 0.25) is 10.0 Å². The zero-order valence-electron chi connectivity index (χ0n) is 8.78. The fourth-order valence-corrected chi connectivity index (χ4v) is 5.13. The van der Waals surface area contributed by atoms with E-state index in [4.69, 9.17) is 11.6 Å². The first-order chi connectivity index (χ1) is 7.97. The van der Waals surface area contributed by atoms with Crippen molar-refractivity contribution in [1.29, 1.82) is 0 Å². The minimum absolute atomic E-state index is 0.225. The van der Waals surface area contributed by atoms with Crippen LogP contribution in [0.4, 0.5) is 0 Å². The van der Waals surface area contributed by atoms with Crippen molar-refractivity contribution in [3.8, 4) is 0 Å². The van der Waals surface area contributed by atoms with Crippen LogP contribution in [0.3, 0.4) is 0 Å². The van der Waals surface area contributed by atoms with Gasteiger partial charge in [-0.05, 0) is 22.0 Å². The predicted octanol–water partition coefficient (Wildman–Crippen LogP) is 3.36. The molecule has 0 aromatic carbocycles. The fourth-order valence-electron chi connectivity index (χ4n) is 0.945. The molecule has 1 aromatic heterocycles. The molecule has 0 saturated carbocycles. The Labute approximate surface area is 123 Å². The Hall–Kier alpha value is 0.470. The van der Waals surface area contributed by atoms with E-state index in [1.165, 1.54) is 6.07 Å². The number of thiophene rings is 1. The standard InChI is InChI=1S/C9H11BrClNO2S3/c1-2-4-15-5-3-12-17(13,14)8-6-7(11)9(10)16-8/h2,6,12H,1,3-5H2. The van der Waals surface area contributed by atoms with Gasteiger partial charge < -0.3 is 0 Å². The quantitative estimate of drug-likeness (QED) is 0.586. The number of sulfonamides is 1. The summed E-state index contributed by atoms with van der Waals surface area (Å²) < 4.78 is 27.0. The molecule has 8 heteroatoms. The predicted molar refractivity (Wildman–Crippen MR) is 79.7 cm³/mol. The summed E-state index contributed by atoms with van der Waals surface area (Å²) in [6, 6.07) is 1.44. The number of hydrogen-bond donors (Lipinski definition) is 1. The van der Waals surface area contributed by atoms with Crippen molar-refractivity contribution in [3.05, 3.63) is 27.5 Å². The van der Waals surface area contributed by atoms with Gasteiger partial charge in [-0.3, -0.25) is 0 Å². The molecule has 0 fully saturated rings. The van der Waals surface area contributed by atoms with Gasteiger partial charge in [0, 0.05) is 18.1 Å².